The molecule has 13 aromatic carbocycles. The molecule has 0 spiro atoms. The minimum absolute atomic E-state index is 0.329. The molecule has 0 atom stereocenters. The highest BCUT2D eigenvalue weighted by Gasteiger charge is 2.35. The first-order chi connectivity index (χ1) is 41.2. The molecule has 7 heteroatoms. The molecule has 0 fully saturated rings. The van der Waals surface area contributed by atoms with Gasteiger partial charge in [-0.1, -0.05) is 194 Å². The lowest BCUT2D eigenvalue weighted by Gasteiger charge is -2.27. The SMILES string of the molecule is [C-]#[N+]c1c(-n2c3ccccc3c3ccccc32)c(C#N)c(-n2c3ccccc3c3ccccc32)c(-n2c3cccc(-c4cccc5ccc6ccccc6c45)c3c3ccc4oc5ccccc5c4c32)c1-n1c2ccccc2c2ccccc21. The summed E-state index contributed by atoms with van der Waals surface area (Å²) in [5.74, 6) is 0. The number of nitriles is 1. The van der Waals surface area contributed by atoms with Crippen molar-refractivity contribution in [3.8, 4) is 39.9 Å². The number of benzene rings is 13. The van der Waals surface area contributed by atoms with Gasteiger partial charge in [-0.2, -0.15) is 5.26 Å². The number of rotatable bonds is 5. The van der Waals surface area contributed by atoms with Gasteiger partial charge in [0.05, 0.1) is 84.4 Å². The Morgan fingerprint density at radius 3 is 1.30 bits per heavy atom. The Kier molecular flexibility index (Phi) is 9.23. The van der Waals surface area contributed by atoms with Crippen LogP contribution in [0.4, 0.5) is 5.69 Å². The third kappa shape index (κ3) is 5.99. The molecule has 0 radical (unpaired) electrons. The number of hydrogen-bond acceptors (Lipinski definition) is 2. The zero-order valence-electron chi connectivity index (χ0n) is 44.3. The minimum Gasteiger partial charge on any atom is -0.456 e. The van der Waals surface area contributed by atoms with Crippen molar-refractivity contribution in [1.82, 2.24) is 18.3 Å². The first kappa shape index (κ1) is 45.2. The maximum atomic E-state index is 12.8. The van der Waals surface area contributed by atoms with Crippen molar-refractivity contribution in [3.05, 3.63) is 272 Å². The predicted molar refractivity (Wildman–Crippen MR) is 343 cm³/mol. The molecule has 0 unspecified atom stereocenters. The highest BCUT2D eigenvalue weighted by atomic mass is 16.3. The van der Waals surface area contributed by atoms with Gasteiger partial charge < -0.3 is 22.7 Å². The Morgan fingerprint density at radius 1 is 0.313 bits per heavy atom. The zero-order valence-corrected chi connectivity index (χ0v) is 44.3. The van der Waals surface area contributed by atoms with Crippen LogP contribution in [0.25, 0.3) is 169 Å². The summed E-state index contributed by atoms with van der Waals surface area (Å²) >= 11 is 0. The van der Waals surface area contributed by atoms with Gasteiger partial charge >= 0.3 is 0 Å². The maximum Gasteiger partial charge on any atom is 0.237 e. The summed E-state index contributed by atoms with van der Waals surface area (Å²) in [4.78, 5) is 4.84. The van der Waals surface area contributed by atoms with Gasteiger partial charge in [-0.25, -0.2) is 4.85 Å². The van der Waals surface area contributed by atoms with E-state index in [2.05, 4.69) is 255 Å². The van der Waals surface area contributed by atoms with Gasteiger partial charge in [-0.15, -0.1) is 0 Å². The molecule has 5 aromatic heterocycles. The average molecular weight is 1060 g/mol. The summed E-state index contributed by atoms with van der Waals surface area (Å²) in [5.41, 5.74) is 14.1. The van der Waals surface area contributed by atoms with Crippen molar-refractivity contribution in [2.75, 3.05) is 0 Å². The lowest BCUT2D eigenvalue weighted by atomic mass is 9.91. The molecule has 0 bridgehead atoms. The van der Waals surface area contributed by atoms with Crippen molar-refractivity contribution in [3.63, 3.8) is 0 Å². The molecule has 0 aliphatic rings. The molecule has 0 saturated carbocycles. The average Bonchev–Trinajstić information content (AvgIpc) is 1.93. The van der Waals surface area contributed by atoms with Crippen LogP contribution < -0.4 is 0 Å². The van der Waals surface area contributed by atoms with Crippen LogP contribution in [0.15, 0.2) is 259 Å². The van der Waals surface area contributed by atoms with E-state index in [0.717, 1.165) is 126 Å². The molecule has 382 valence electrons. The smallest absolute Gasteiger partial charge is 0.237 e. The fourth-order valence-corrected chi connectivity index (χ4v) is 14.3. The number of hydrogen-bond donors (Lipinski definition) is 0. The van der Waals surface area contributed by atoms with E-state index in [1.807, 2.05) is 24.3 Å². The Labute approximate surface area is 473 Å². The molecule has 7 nitrogen and oxygen atoms in total. The van der Waals surface area contributed by atoms with Crippen LogP contribution in [0, 0.1) is 17.9 Å². The molecule has 0 N–H and O–H groups in total. The molecule has 18 aromatic rings. The molecule has 0 amide bonds. The standard InChI is InChI=1S/C76H42N6O/c1-78-71-73(79-59-32-11-4-23-48(59)49-24-5-12-33-60(49)79)58(44-77)74(80-61-34-13-6-25-50(61)51-26-7-14-35-62(51)80)76(75(71)81-63-36-15-8-27-52(63)53-28-9-16-37-64(53)81)82-65-38-19-31-55(54-30-18-21-46-41-40-45-20-2-3-22-47(45)68(46)54)69(65)57-42-43-67-70(72(57)82)56-29-10-17-39-66(56)83-67/h2-43H. The highest BCUT2D eigenvalue weighted by Crippen LogP contribution is 2.54. The Hall–Kier alpha value is -11.6. The molecule has 18 rings (SSSR count). The first-order valence-electron chi connectivity index (χ1n) is 27.9. The van der Waals surface area contributed by atoms with Gasteiger partial charge in [-0.05, 0) is 93.3 Å². The van der Waals surface area contributed by atoms with Crippen LogP contribution in [0.3, 0.4) is 0 Å². The minimum atomic E-state index is 0.329. The molecular formula is C76H42N6O. The number of aromatic nitrogens is 4. The second-order valence-electron chi connectivity index (χ2n) is 21.6. The number of para-hydroxylation sites is 7. The molecule has 0 aliphatic heterocycles. The van der Waals surface area contributed by atoms with E-state index in [1.54, 1.807) is 0 Å². The first-order valence-corrected chi connectivity index (χ1v) is 27.9. The Morgan fingerprint density at radius 2 is 0.747 bits per heavy atom. The monoisotopic (exact) mass is 1050 g/mol. The van der Waals surface area contributed by atoms with E-state index in [0.29, 0.717) is 34.0 Å². The van der Waals surface area contributed by atoms with Gasteiger partial charge in [0.2, 0.25) is 5.69 Å². The normalized spacial score (nSPS) is 12.1. The third-order valence-electron chi connectivity index (χ3n) is 17.6. The van der Waals surface area contributed by atoms with Gasteiger partial charge in [0, 0.05) is 48.5 Å². The van der Waals surface area contributed by atoms with Crippen LogP contribution >= 0.6 is 0 Å². The molecule has 0 aliphatic carbocycles. The second-order valence-corrected chi connectivity index (χ2v) is 21.6. The Balaban J connectivity index is 1.17. The number of furan rings is 1. The largest absolute Gasteiger partial charge is 0.456 e. The number of nitrogens with zero attached hydrogens (tertiary/aromatic N) is 6. The van der Waals surface area contributed by atoms with Crippen molar-refractivity contribution < 1.29 is 4.42 Å². The highest BCUT2D eigenvalue weighted by molar-refractivity contribution is 6.29. The maximum absolute atomic E-state index is 12.8. The van der Waals surface area contributed by atoms with Crippen LogP contribution in [-0.2, 0) is 0 Å². The van der Waals surface area contributed by atoms with Gasteiger partial charge in [0.15, 0.2) is 0 Å². The van der Waals surface area contributed by atoms with Gasteiger partial charge in [0.25, 0.3) is 0 Å². The summed E-state index contributed by atoms with van der Waals surface area (Å²) in [5, 5.41) is 27.6. The molecule has 83 heavy (non-hydrogen) atoms. The Bertz CT molecular complexity index is 5670. The zero-order chi connectivity index (χ0) is 54.6. The summed E-state index contributed by atoms with van der Waals surface area (Å²) < 4.78 is 16.1. The van der Waals surface area contributed by atoms with Crippen LogP contribution in [0.5, 0.6) is 0 Å². The van der Waals surface area contributed by atoms with Crippen molar-refractivity contribution in [2.24, 2.45) is 0 Å². The van der Waals surface area contributed by atoms with E-state index in [9.17, 15) is 11.8 Å². The van der Waals surface area contributed by atoms with Crippen molar-refractivity contribution in [1.29, 1.82) is 5.26 Å². The lowest BCUT2D eigenvalue weighted by molar-refractivity contribution is 0.669. The van der Waals surface area contributed by atoms with E-state index in [-0.39, 0.29) is 0 Å². The third-order valence-corrected chi connectivity index (χ3v) is 17.6. The fraction of sp³-hybridized carbons (Fsp3) is 0. The fourth-order valence-electron chi connectivity index (χ4n) is 14.3. The van der Waals surface area contributed by atoms with Crippen LogP contribution in [0.1, 0.15) is 5.56 Å². The van der Waals surface area contributed by atoms with Crippen LogP contribution in [-0.4, -0.2) is 18.3 Å². The van der Waals surface area contributed by atoms with Crippen LogP contribution in [0.2, 0.25) is 0 Å². The molecule has 5 heterocycles. The predicted octanol–water partition coefficient (Wildman–Crippen LogP) is 20.4. The van der Waals surface area contributed by atoms with Gasteiger partial charge in [0.1, 0.15) is 17.2 Å². The lowest BCUT2D eigenvalue weighted by Crippen LogP contribution is -2.14. The topological polar surface area (TPSA) is 61.0 Å². The summed E-state index contributed by atoms with van der Waals surface area (Å²) in [6, 6.07) is 92.8. The van der Waals surface area contributed by atoms with E-state index < -0.39 is 0 Å². The summed E-state index contributed by atoms with van der Waals surface area (Å²) in [6.07, 6.45) is 0. The van der Waals surface area contributed by atoms with E-state index in [1.165, 1.54) is 16.2 Å². The van der Waals surface area contributed by atoms with E-state index in [4.69, 9.17) is 9.26 Å². The van der Waals surface area contributed by atoms with E-state index >= 15 is 0 Å². The van der Waals surface area contributed by atoms with Gasteiger partial charge in [-0.3, -0.25) is 0 Å². The number of fused-ring (bicyclic) bond motifs is 19. The summed E-state index contributed by atoms with van der Waals surface area (Å²) in [7, 11) is 0. The van der Waals surface area contributed by atoms with Crippen molar-refractivity contribution >= 4 is 136 Å². The quantitative estimate of drug-likeness (QED) is 0.127. The molecular weight excluding hydrogens is 1010 g/mol. The van der Waals surface area contributed by atoms with Crippen molar-refractivity contribution in [2.45, 2.75) is 0 Å². The summed E-state index contributed by atoms with van der Waals surface area (Å²) in [6.45, 7) is 9.95. The second kappa shape index (κ2) is 16.9. The molecule has 0 saturated heterocycles.